The molecule has 7 nitrogen and oxygen atoms in total. The second kappa shape index (κ2) is 5.10. The Hall–Kier alpha value is -2.74. The fourth-order valence-corrected chi connectivity index (χ4v) is 2.24. The molecule has 2 heterocycles. The van der Waals surface area contributed by atoms with E-state index in [1.54, 1.807) is 10.9 Å². The van der Waals surface area contributed by atoms with Crippen LogP contribution in [0.3, 0.4) is 0 Å². The van der Waals surface area contributed by atoms with Gasteiger partial charge in [-0.1, -0.05) is 4.49 Å². The monoisotopic (exact) mass is 287 g/mol. The molecule has 0 aliphatic rings. The summed E-state index contributed by atoms with van der Waals surface area (Å²) in [6, 6.07) is 9.27. The third-order valence-electron chi connectivity index (χ3n) is 2.58. The molecule has 0 atom stereocenters. The number of carboxylic acid groups (broad SMARTS) is 1. The molecule has 0 saturated heterocycles. The van der Waals surface area contributed by atoms with Crippen molar-refractivity contribution in [1.82, 2.24) is 19.4 Å². The number of rotatable bonds is 4. The third kappa shape index (κ3) is 2.36. The van der Waals surface area contributed by atoms with Gasteiger partial charge in [-0.25, -0.2) is 9.48 Å². The molecule has 0 spiro atoms. The van der Waals surface area contributed by atoms with Crippen LogP contribution in [-0.4, -0.2) is 30.4 Å². The minimum Gasteiger partial charge on any atom is -0.476 e. The van der Waals surface area contributed by atoms with Crippen LogP contribution in [-0.2, 0) is 0 Å². The van der Waals surface area contributed by atoms with Crippen molar-refractivity contribution < 1.29 is 9.90 Å². The molecule has 0 saturated carbocycles. The first kappa shape index (κ1) is 12.3. The average Bonchev–Trinajstić information content (AvgIpc) is 3.10. The van der Waals surface area contributed by atoms with Crippen molar-refractivity contribution in [2.45, 2.75) is 0 Å². The number of carboxylic acids is 1. The topological polar surface area (TPSA) is 92.9 Å². The molecule has 20 heavy (non-hydrogen) atoms. The molecule has 0 aliphatic heterocycles. The van der Waals surface area contributed by atoms with Crippen molar-refractivity contribution in [3.8, 4) is 5.69 Å². The van der Waals surface area contributed by atoms with Gasteiger partial charge in [0.15, 0.2) is 0 Å². The lowest BCUT2D eigenvalue weighted by atomic mass is 10.3. The number of benzene rings is 1. The molecule has 0 bridgehead atoms. The molecule has 0 aliphatic carbocycles. The predicted octanol–water partition coefficient (Wildman–Crippen LogP) is 2.17. The Labute approximate surface area is 117 Å². The number of hydrogen-bond acceptors (Lipinski definition) is 6. The highest BCUT2D eigenvalue weighted by Gasteiger charge is 2.15. The van der Waals surface area contributed by atoms with E-state index in [9.17, 15) is 4.79 Å². The van der Waals surface area contributed by atoms with Crippen molar-refractivity contribution in [2.24, 2.45) is 0 Å². The largest absolute Gasteiger partial charge is 0.476 e. The summed E-state index contributed by atoms with van der Waals surface area (Å²) in [4.78, 5) is 10.9. The van der Waals surface area contributed by atoms with Crippen molar-refractivity contribution in [2.75, 3.05) is 5.32 Å². The summed E-state index contributed by atoms with van der Waals surface area (Å²) in [6.45, 7) is 0. The minimum atomic E-state index is -1.10. The van der Waals surface area contributed by atoms with Crippen molar-refractivity contribution in [3.63, 3.8) is 0 Å². The molecule has 1 aromatic carbocycles. The van der Waals surface area contributed by atoms with Gasteiger partial charge in [-0.3, -0.25) is 0 Å². The highest BCUT2D eigenvalue weighted by molar-refractivity contribution is 7.10. The molecule has 3 aromatic rings. The molecule has 0 radical (unpaired) electrons. The third-order valence-corrected chi connectivity index (χ3v) is 3.23. The smallest absolute Gasteiger partial charge is 0.359 e. The van der Waals surface area contributed by atoms with Crippen molar-refractivity contribution >= 4 is 28.2 Å². The molecular weight excluding hydrogens is 278 g/mol. The van der Waals surface area contributed by atoms with Gasteiger partial charge in [-0.05, 0) is 30.3 Å². The molecule has 0 unspecified atom stereocenters. The molecule has 2 aromatic heterocycles. The number of hydrogen-bond donors (Lipinski definition) is 2. The summed E-state index contributed by atoms with van der Waals surface area (Å²) in [5.41, 5.74) is 1.60. The van der Waals surface area contributed by atoms with Crippen LogP contribution in [0.15, 0.2) is 42.7 Å². The minimum absolute atomic E-state index is 0.0776. The highest BCUT2D eigenvalue weighted by Crippen LogP contribution is 2.23. The number of nitrogens with one attached hydrogen (secondary N) is 1. The van der Waals surface area contributed by atoms with Gasteiger partial charge in [-0.2, -0.15) is 5.10 Å². The fraction of sp³-hybridized carbons (Fsp3) is 0. The summed E-state index contributed by atoms with van der Waals surface area (Å²) in [5, 5.41) is 20.0. The van der Waals surface area contributed by atoms with Crippen LogP contribution in [0.1, 0.15) is 10.5 Å². The average molecular weight is 287 g/mol. The Morgan fingerprint density at radius 2 is 2.10 bits per heavy atom. The van der Waals surface area contributed by atoms with Gasteiger partial charge < -0.3 is 10.4 Å². The lowest BCUT2D eigenvalue weighted by Crippen LogP contribution is -2.01. The summed E-state index contributed by atoms with van der Waals surface area (Å²) in [7, 11) is 0. The fourth-order valence-electron chi connectivity index (χ4n) is 1.66. The quantitative estimate of drug-likeness (QED) is 0.764. The summed E-state index contributed by atoms with van der Waals surface area (Å²) in [6.07, 6.45) is 3.55. The van der Waals surface area contributed by atoms with E-state index in [0.717, 1.165) is 22.9 Å². The lowest BCUT2D eigenvalue weighted by molar-refractivity contribution is 0.0691. The lowest BCUT2D eigenvalue weighted by Gasteiger charge is -2.05. The second-order valence-electron chi connectivity index (χ2n) is 3.88. The Morgan fingerprint density at radius 1 is 1.30 bits per heavy atom. The maximum Gasteiger partial charge on any atom is 0.359 e. The maximum atomic E-state index is 10.9. The zero-order chi connectivity index (χ0) is 13.9. The van der Waals surface area contributed by atoms with Crippen LogP contribution >= 0.6 is 11.5 Å². The Balaban J connectivity index is 1.82. The summed E-state index contributed by atoms with van der Waals surface area (Å²) < 4.78 is 5.37. The predicted molar refractivity (Wildman–Crippen MR) is 73.7 cm³/mol. The Kier molecular flexibility index (Phi) is 3.13. The molecular formula is C12H9N5O2S. The van der Waals surface area contributed by atoms with Gasteiger partial charge in [0.25, 0.3) is 0 Å². The number of anilines is 2. The zero-order valence-corrected chi connectivity index (χ0v) is 10.9. The van der Waals surface area contributed by atoms with E-state index in [2.05, 4.69) is 20.0 Å². The molecule has 100 valence electrons. The van der Waals surface area contributed by atoms with Crippen LogP contribution in [0.25, 0.3) is 5.69 Å². The van der Waals surface area contributed by atoms with Crippen LogP contribution in [0.4, 0.5) is 10.7 Å². The van der Waals surface area contributed by atoms with Crippen LogP contribution in [0.2, 0.25) is 0 Å². The number of aromatic carboxylic acids is 1. The maximum absolute atomic E-state index is 10.9. The molecule has 3 rings (SSSR count). The Bertz CT molecular complexity index is 721. The first-order valence-corrected chi connectivity index (χ1v) is 6.44. The van der Waals surface area contributed by atoms with E-state index in [4.69, 9.17) is 5.11 Å². The number of aromatic nitrogens is 4. The molecule has 8 heteroatoms. The van der Waals surface area contributed by atoms with Crippen LogP contribution in [0, 0.1) is 0 Å². The highest BCUT2D eigenvalue weighted by atomic mass is 32.1. The van der Waals surface area contributed by atoms with Crippen LogP contribution < -0.4 is 5.32 Å². The van der Waals surface area contributed by atoms with Crippen molar-refractivity contribution in [3.05, 3.63) is 48.4 Å². The van der Waals surface area contributed by atoms with Crippen molar-refractivity contribution in [1.29, 1.82) is 0 Å². The first-order valence-electron chi connectivity index (χ1n) is 5.67. The van der Waals surface area contributed by atoms with Gasteiger partial charge in [0.1, 0.15) is 5.00 Å². The Morgan fingerprint density at radius 3 is 2.75 bits per heavy atom. The van der Waals surface area contributed by atoms with Gasteiger partial charge in [0, 0.05) is 29.6 Å². The normalized spacial score (nSPS) is 10.4. The summed E-state index contributed by atoms with van der Waals surface area (Å²) >= 11 is 1.00. The van der Waals surface area contributed by atoms with Gasteiger partial charge >= 0.3 is 5.97 Å². The second-order valence-corrected chi connectivity index (χ2v) is 4.63. The number of nitrogens with zero attached hydrogens (tertiary/aromatic N) is 4. The molecule has 2 N–H and O–H groups in total. The molecule has 0 amide bonds. The molecule has 0 fully saturated rings. The summed E-state index contributed by atoms with van der Waals surface area (Å²) in [5.74, 6) is -1.10. The van der Waals surface area contributed by atoms with Gasteiger partial charge in [-0.15, -0.1) is 5.10 Å². The van der Waals surface area contributed by atoms with E-state index in [1.165, 1.54) is 0 Å². The van der Waals surface area contributed by atoms with Gasteiger partial charge in [0.2, 0.25) is 5.69 Å². The van der Waals surface area contributed by atoms with E-state index in [0.29, 0.717) is 5.00 Å². The zero-order valence-electron chi connectivity index (χ0n) is 10.1. The van der Waals surface area contributed by atoms with E-state index < -0.39 is 5.97 Å². The standard InChI is InChI=1S/C12H9N5O2S/c18-12(19)10-11(20-16-15-10)14-8-2-4-9(5-3-8)17-7-1-6-13-17/h1-7,14H,(H,18,19). The van der Waals surface area contributed by atoms with E-state index in [1.807, 2.05) is 36.5 Å². The van der Waals surface area contributed by atoms with Crippen LogP contribution in [0.5, 0.6) is 0 Å². The van der Waals surface area contributed by atoms with E-state index in [-0.39, 0.29) is 5.69 Å². The van der Waals surface area contributed by atoms with E-state index >= 15 is 0 Å². The number of carbonyl (C=O) groups is 1. The van der Waals surface area contributed by atoms with Gasteiger partial charge in [0.05, 0.1) is 5.69 Å². The first-order chi connectivity index (χ1) is 9.74. The SMILES string of the molecule is O=C(O)c1nnsc1Nc1ccc(-n2cccn2)cc1.